The molecule has 1 aliphatic rings. The Morgan fingerprint density at radius 1 is 1.19 bits per heavy atom. The van der Waals surface area contributed by atoms with Crippen LogP contribution >= 0.6 is 0 Å². The zero-order chi connectivity index (χ0) is 15.2. The molecule has 0 bridgehead atoms. The lowest BCUT2D eigenvalue weighted by Gasteiger charge is -2.31. The average Bonchev–Trinajstić information content (AvgIpc) is 2.43. The summed E-state index contributed by atoms with van der Waals surface area (Å²) in [7, 11) is 0. The van der Waals surface area contributed by atoms with Crippen LogP contribution in [0.4, 0.5) is 0 Å². The fourth-order valence-electron chi connectivity index (χ4n) is 3.12. The third-order valence-corrected chi connectivity index (χ3v) is 4.02. The number of hydrogen-bond acceptors (Lipinski definition) is 2. The Balaban J connectivity index is 1.84. The van der Waals surface area contributed by atoms with Crippen molar-refractivity contribution in [2.24, 2.45) is 11.8 Å². The van der Waals surface area contributed by atoms with Crippen molar-refractivity contribution in [1.82, 2.24) is 0 Å². The summed E-state index contributed by atoms with van der Waals surface area (Å²) in [5.41, 5.74) is 2.02. The van der Waals surface area contributed by atoms with Crippen LogP contribution in [0.2, 0.25) is 0 Å². The highest BCUT2D eigenvalue weighted by molar-refractivity contribution is 5.85. The molecular weight excluding hydrogens is 264 g/mol. The number of carboxylic acids is 1. The van der Waals surface area contributed by atoms with Gasteiger partial charge in [0.05, 0.1) is 12.7 Å². The van der Waals surface area contributed by atoms with Crippen LogP contribution in [0.1, 0.15) is 44.2 Å². The summed E-state index contributed by atoms with van der Waals surface area (Å²) in [6.07, 6.45) is 6.74. The molecule has 0 amide bonds. The van der Waals surface area contributed by atoms with Gasteiger partial charge in [-0.2, -0.15) is 0 Å². The molecule has 1 fully saturated rings. The van der Waals surface area contributed by atoms with Gasteiger partial charge < -0.3 is 9.84 Å². The van der Waals surface area contributed by atoms with Crippen molar-refractivity contribution in [3.63, 3.8) is 0 Å². The molecule has 1 N–H and O–H groups in total. The first-order valence-corrected chi connectivity index (χ1v) is 7.64. The SMILES string of the molecule is CC1CC(C)CC(OCc2ccc(C=CC(=O)O)cc2)C1. The van der Waals surface area contributed by atoms with E-state index >= 15 is 0 Å². The smallest absolute Gasteiger partial charge is 0.328 e. The standard InChI is InChI=1S/C18H24O3/c1-13-9-14(2)11-17(10-13)21-12-16-5-3-15(4-6-16)7-8-18(19)20/h3-8,13-14,17H,9-12H2,1-2H3,(H,19,20). The van der Waals surface area contributed by atoms with Gasteiger partial charge in [0, 0.05) is 6.08 Å². The average molecular weight is 288 g/mol. The molecule has 114 valence electrons. The molecule has 1 saturated carbocycles. The molecule has 0 saturated heterocycles. The van der Waals surface area contributed by atoms with E-state index < -0.39 is 5.97 Å². The zero-order valence-electron chi connectivity index (χ0n) is 12.8. The van der Waals surface area contributed by atoms with Crippen LogP contribution in [0, 0.1) is 11.8 Å². The highest BCUT2D eigenvalue weighted by Gasteiger charge is 2.24. The van der Waals surface area contributed by atoms with Crippen LogP contribution in [0.15, 0.2) is 30.3 Å². The third-order valence-electron chi connectivity index (χ3n) is 4.02. The number of aliphatic carboxylic acids is 1. The van der Waals surface area contributed by atoms with Gasteiger partial charge in [0.1, 0.15) is 0 Å². The van der Waals surface area contributed by atoms with Gasteiger partial charge in [-0.1, -0.05) is 38.1 Å². The molecule has 2 atom stereocenters. The summed E-state index contributed by atoms with van der Waals surface area (Å²) in [6, 6.07) is 7.84. The molecule has 0 aliphatic heterocycles. The Labute approximate surface area is 126 Å². The predicted molar refractivity (Wildman–Crippen MR) is 83.9 cm³/mol. The minimum atomic E-state index is -0.928. The van der Waals surface area contributed by atoms with Crippen LogP contribution in [-0.4, -0.2) is 17.2 Å². The second kappa shape index (κ2) is 7.41. The molecule has 21 heavy (non-hydrogen) atoms. The number of carboxylic acid groups (broad SMARTS) is 1. The zero-order valence-corrected chi connectivity index (χ0v) is 12.8. The number of carbonyl (C=O) groups is 1. The van der Waals surface area contributed by atoms with Crippen molar-refractivity contribution >= 4 is 12.0 Å². The maximum atomic E-state index is 10.5. The van der Waals surface area contributed by atoms with Gasteiger partial charge in [0.2, 0.25) is 0 Å². The van der Waals surface area contributed by atoms with Crippen LogP contribution in [0.25, 0.3) is 6.08 Å². The van der Waals surface area contributed by atoms with Crippen molar-refractivity contribution in [3.05, 3.63) is 41.5 Å². The lowest BCUT2D eigenvalue weighted by atomic mass is 9.82. The Bertz CT molecular complexity index is 480. The van der Waals surface area contributed by atoms with Crippen molar-refractivity contribution in [2.45, 2.75) is 45.8 Å². The van der Waals surface area contributed by atoms with E-state index in [1.807, 2.05) is 24.3 Å². The van der Waals surface area contributed by atoms with E-state index in [-0.39, 0.29) is 0 Å². The number of hydrogen-bond donors (Lipinski definition) is 1. The van der Waals surface area contributed by atoms with Gasteiger partial charge in [0.15, 0.2) is 0 Å². The van der Waals surface area contributed by atoms with Crippen molar-refractivity contribution in [3.8, 4) is 0 Å². The van der Waals surface area contributed by atoms with E-state index in [1.165, 1.54) is 6.42 Å². The largest absolute Gasteiger partial charge is 0.478 e. The molecule has 1 aliphatic carbocycles. The normalized spacial score (nSPS) is 26.1. The molecule has 0 heterocycles. The fraction of sp³-hybridized carbons (Fsp3) is 0.500. The van der Waals surface area contributed by atoms with Gasteiger partial charge in [-0.05, 0) is 48.3 Å². The van der Waals surface area contributed by atoms with Gasteiger partial charge in [-0.3, -0.25) is 0 Å². The molecule has 1 aromatic rings. The summed E-state index contributed by atoms with van der Waals surface area (Å²) < 4.78 is 6.04. The second-order valence-corrected chi connectivity index (χ2v) is 6.26. The highest BCUT2D eigenvalue weighted by atomic mass is 16.5. The van der Waals surface area contributed by atoms with Crippen LogP contribution in [-0.2, 0) is 16.1 Å². The molecule has 0 radical (unpaired) electrons. The van der Waals surface area contributed by atoms with E-state index in [2.05, 4.69) is 13.8 Å². The number of rotatable bonds is 5. The van der Waals surface area contributed by atoms with E-state index in [4.69, 9.17) is 9.84 Å². The third kappa shape index (κ3) is 5.35. The van der Waals surface area contributed by atoms with Gasteiger partial charge >= 0.3 is 5.97 Å². The molecule has 0 aromatic heterocycles. The number of benzene rings is 1. The lowest BCUT2D eigenvalue weighted by molar-refractivity contribution is -0.131. The Hall–Kier alpha value is -1.61. The maximum absolute atomic E-state index is 10.5. The van der Waals surface area contributed by atoms with Crippen LogP contribution in [0.3, 0.4) is 0 Å². The summed E-state index contributed by atoms with van der Waals surface area (Å²) >= 11 is 0. The summed E-state index contributed by atoms with van der Waals surface area (Å²) in [4.78, 5) is 10.5. The van der Waals surface area contributed by atoms with Gasteiger partial charge in [0.25, 0.3) is 0 Å². The Morgan fingerprint density at radius 3 is 2.38 bits per heavy atom. The van der Waals surface area contributed by atoms with Crippen LogP contribution < -0.4 is 0 Å². The minimum absolute atomic E-state index is 0.371. The lowest BCUT2D eigenvalue weighted by Crippen LogP contribution is -2.26. The first kappa shape index (κ1) is 15.8. The second-order valence-electron chi connectivity index (χ2n) is 6.26. The predicted octanol–water partition coefficient (Wildman–Crippen LogP) is 4.13. The molecule has 3 nitrogen and oxygen atoms in total. The van der Waals surface area contributed by atoms with Crippen molar-refractivity contribution in [2.75, 3.05) is 0 Å². The van der Waals surface area contributed by atoms with E-state index in [1.54, 1.807) is 6.08 Å². The van der Waals surface area contributed by atoms with E-state index in [0.717, 1.165) is 41.9 Å². The minimum Gasteiger partial charge on any atom is -0.478 e. The molecule has 0 spiro atoms. The molecule has 2 unspecified atom stereocenters. The molecule has 3 heteroatoms. The fourth-order valence-corrected chi connectivity index (χ4v) is 3.12. The van der Waals surface area contributed by atoms with Crippen molar-refractivity contribution < 1.29 is 14.6 Å². The maximum Gasteiger partial charge on any atom is 0.328 e. The van der Waals surface area contributed by atoms with Crippen LogP contribution in [0.5, 0.6) is 0 Å². The van der Waals surface area contributed by atoms with Gasteiger partial charge in [-0.15, -0.1) is 0 Å². The Kier molecular flexibility index (Phi) is 5.57. The Morgan fingerprint density at radius 2 is 1.81 bits per heavy atom. The van der Waals surface area contributed by atoms with Gasteiger partial charge in [-0.25, -0.2) is 4.79 Å². The monoisotopic (exact) mass is 288 g/mol. The quantitative estimate of drug-likeness (QED) is 0.829. The number of ether oxygens (including phenoxy) is 1. The molecular formula is C18H24O3. The molecule has 1 aromatic carbocycles. The summed E-state index contributed by atoms with van der Waals surface area (Å²) in [6.45, 7) is 5.23. The topological polar surface area (TPSA) is 46.5 Å². The van der Waals surface area contributed by atoms with Crippen molar-refractivity contribution in [1.29, 1.82) is 0 Å². The first-order valence-electron chi connectivity index (χ1n) is 7.64. The first-order chi connectivity index (χ1) is 10.0. The summed E-state index contributed by atoms with van der Waals surface area (Å²) in [5.74, 6) is 0.576. The summed E-state index contributed by atoms with van der Waals surface area (Å²) in [5, 5.41) is 8.59. The van der Waals surface area contributed by atoms with E-state index in [0.29, 0.717) is 12.7 Å². The van der Waals surface area contributed by atoms with E-state index in [9.17, 15) is 4.79 Å². The highest BCUT2D eigenvalue weighted by Crippen LogP contribution is 2.30. The molecule has 2 rings (SSSR count).